The van der Waals surface area contributed by atoms with E-state index in [9.17, 15) is 8.78 Å². The molecular formula is C27H23ClF2. The van der Waals surface area contributed by atoms with E-state index in [2.05, 4.69) is 42.7 Å². The maximum atomic E-state index is 14.0. The quantitative estimate of drug-likeness (QED) is 0.228. The van der Waals surface area contributed by atoms with Crippen molar-refractivity contribution in [2.75, 3.05) is 0 Å². The van der Waals surface area contributed by atoms with Crippen molar-refractivity contribution in [1.82, 2.24) is 0 Å². The molecule has 152 valence electrons. The van der Waals surface area contributed by atoms with E-state index in [-0.39, 0.29) is 10.6 Å². The molecule has 3 heteroatoms. The predicted octanol–water partition coefficient (Wildman–Crippen LogP) is 8.02. The Morgan fingerprint density at radius 2 is 1.70 bits per heavy atom. The first-order valence-corrected chi connectivity index (χ1v) is 10.7. The Kier molecular flexibility index (Phi) is 6.21. The smallest absolute Gasteiger partial charge is 0.178 e. The van der Waals surface area contributed by atoms with Crippen molar-refractivity contribution in [3.05, 3.63) is 94.5 Å². The summed E-state index contributed by atoms with van der Waals surface area (Å²) < 4.78 is 27.7. The molecule has 4 rings (SSSR count). The van der Waals surface area contributed by atoms with Gasteiger partial charge in [-0.15, -0.1) is 6.58 Å². The summed E-state index contributed by atoms with van der Waals surface area (Å²) in [6.45, 7) is 3.87. The molecule has 30 heavy (non-hydrogen) atoms. The summed E-state index contributed by atoms with van der Waals surface area (Å²) >= 11 is 5.62. The Labute approximate surface area is 181 Å². The Balaban J connectivity index is 1.60. The van der Waals surface area contributed by atoms with E-state index in [0.29, 0.717) is 5.92 Å². The molecular weight excluding hydrogens is 398 g/mol. The number of halogens is 3. The highest BCUT2D eigenvalue weighted by atomic mass is 35.5. The van der Waals surface area contributed by atoms with Gasteiger partial charge in [-0.25, -0.2) is 8.78 Å². The fraction of sp³-hybridized carbons (Fsp3) is 0.259. The molecule has 0 amide bonds. The van der Waals surface area contributed by atoms with Crippen LogP contribution in [0.5, 0.6) is 0 Å². The summed E-state index contributed by atoms with van der Waals surface area (Å²) in [5.41, 5.74) is 2.17. The van der Waals surface area contributed by atoms with Crippen molar-refractivity contribution in [3.8, 4) is 11.8 Å². The Morgan fingerprint density at radius 3 is 2.47 bits per heavy atom. The van der Waals surface area contributed by atoms with Crippen LogP contribution in [-0.4, -0.2) is 0 Å². The largest absolute Gasteiger partial charge is 0.202 e. The van der Waals surface area contributed by atoms with E-state index in [1.54, 1.807) is 0 Å². The standard InChI is InChI=1S/C27H23ClF2/c1-2-4-18-7-9-19(10-8-18)22-13-15-24-20(5-3-6-23(24)17-22)11-12-21-14-16-25(28)27(30)26(21)29/h2-3,5-6,13-19H,1,4,7-10H2. The van der Waals surface area contributed by atoms with Crippen LogP contribution in [0.3, 0.4) is 0 Å². The Morgan fingerprint density at radius 1 is 0.933 bits per heavy atom. The van der Waals surface area contributed by atoms with Crippen LogP contribution in [-0.2, 0) is 0 Å². The van der Waals surface area contributed by atoms with Crippen molar-refractivity contribution < 1.29 is 8.78 Å². The summed E-state index contributed by atoms with van der Waals surface area (Å²) in [6.07, 6.45) is 8.08. The van der Waals surface area contributed by atoms with Gasteiger partial charge < -0.3 is 0 Å². The molecule has 1 fully saturated rings. The van der Waals surface area contributed by atoms with Crippen LogP contribution >= 0.6 is 11.6 Å². The highest BCUT2D eigenvalue weighted by Gasteiger charge is 2.21. The second-order valence-corrected chi connectivity index (χ2v) is 8.41. The molecule has 0 bridgehead atoms. The molecule has 0 N–H and O–H groups in total. The molecule has 1 saturated carbocycles. The zero-order chi connectivity index (χ0) is 21.1. The lowest BCUT2D eigenvalue weighted by atomic mass is 9.77. The average Bonchev–Trinajstić information content (AvgIpc) is 2.77. The second kappa shape index (κ2) is 9.02. The monoisotopic (exact) mass is 420 g/mol. The maximum Gasteiger partial charge on any atom is 0.178 e. The highest BCUT2D eigenvalue weighted by Crippen LogP contribution is 2.38. The number of fused-ring (bicyclic) bond motifs is 1. The van der Waals surface area contributed by atoms with Gasteiger partial charge in [0.15, 0.2) is 11.6 Å². The first-order chi connectivity index (χ1) is 14.6. The minimum Gasteiger partial charge on any atom is -0.202 e. The van der Waals surface area contributed by atoms with Crippen LogP contribution in [0.25, 0.3) is 10.8 Å². The lowest BCUT2D eigenvalue weighted by molar-refractivity contribution is 0.328. The summed E-state index contributed by atoms with van der Waals surface area (Å²) in [4.78, 5) is 0. The molecule has 0 aromatic heterocycles. The number of hydrogen-bond donors (Lipinski definition) is 0. The topological polar surface area (TPSA) is 0 Å². The molecule has 1 aliphatic carbocycles. The molecule has 0 saturated heterocycles. The second-order valence-electron chi connectivity index (χ2n) is 8.00. The fourth-order valence-electron chi connectivity index (χ4n) is 4.39. The lowest BCUT2D eigenvalue weighted by Gasteiger charge is -2.28. The number of allylic oxidation sites excluding steroid dienone is 1. The molecule has 0 nitrogen and oxygen atoms in total. The van der Waals surface area contributed by atoms with Crippen LogP contribution in [0.4, 0.5) is 8.78 Å². The van der Waals surface area contributed by atoms with E-state index in [1.165, 1.54) is 43.4 Å². The van der Waals surface area contributed by atoms with Gasteiger partial charge in [0.25, 0.3) is 0 Å². The summed E-state index contributed by atoms with van der Waals surface area (Å²) in [5.74, 6) is 5.05. The third-order valence-corrected chi connectivity index (χ3v) is 6.38. The van der Waals surface area contributed by atoms with Gasteiger partial charge in [0.05, 0.1) is 10.6 Å². The van der Waals surface area contributed by atoms with Crippen molar-refractivity contribution in [3.63, 3.8) is 0 Å². The first-order valence-electron chi connectivity index (χ1n) is 10.4. The van der Waals surface area contributed by atoms with Gasteiger partial charge in [-0.1, -0.05) is 59.8 Å². The molecule has 0 spiro atoms. The molecule has 3 aromatic carbocycles. The molecule has 0 aliphatic heterocycles. The number of hydrogen-bond acceptors (Lipinski definition) is 0. The van der Waals surface area contributed by atoms with Gasteiger partial charge in [0, 0.05) is 5.56 Å². The summed E-state index contributed by atoms with van der Waals surface area (Å²) in [6, 6.07) is 15.2. The van der Waals surface area contributed by atoms with Gasteiger partial charge in [0.2, 0.25) is 0 Å². The average molecular weight is 421 g/mol. The van der Waals surface area contributed by atoms with Crippen molar-refractivity contribution in [2.45, 2.75) is 38.0 Å². The molecule has 0 atom stereocenters. The SMILES string of the molecule is C=CCC1CCC(c2ccc3c(C#Cc4ccc(Cl)c(F)c4F)cccc3c2)CC1. The van der Waals surface area contributed by atoms with Crippen LogP contribution < -0.4 is 0 Å². The van der Waals surface area contributed by atoms with Crippen LogP contribution in [0.1, 0.15) is 54.7 Å². The van der Waals surface area contributed by atoms with Crippen molar-refractivity contribution >= 4 is 22.4 Å². The lowest BCUT2D eigenvalue weighted by Crippen LogP contribution is -2.12. The minimum absolute atomic E-state index is 0.00167. The van der Waals surface area contributed by atoms with Crippen LogP contribution in [0, 0.1) is 29.4 Å². The fourth-order valence-corrected chi connectivity index (χ4v) is 4.54. The molecule has 1 aliphatic rings. The van der Waals surface area contributed by atoms with E-state index >= 15 is 0 Å². The van der Waals surface area contributed by atoms with Gasteiger partial charge in [-0.2, -0.15) is 0 Å². The Bertz CT molecular complexity index is 1140. The van der Waals surface area contributed by atoms with Gasteiger partial charge >= 0.3 is 0 Å². The molecule has 0 radical (unpaired) electrons. The van der Waals surface area contributed by atoms with Crippen LogP contribution in [0.2, 0.25) is 5.02 Å². The summed E-state index contributed by atoms with van der Waals surface area (Å²) in [5, 5.41) is 1.90. The highest BCUT2D eigenvalue weighted by molar-refractivity contribution is 6.30. The van der Waals surface area contributed by atoms with E-state index in [4.69, 9.17) is 11.6 Å². The predicted molar refractivity (Wildman–Crippen MR) is 121 cm³/mol. The van der Waals surface area contributed by atoms with Crippen molar-refractivity contribution in [1.29, 1.82) is 0 Å². The zero-order valence-electron chi connectivity index (χ0n) is 16.7. The zero-order valence-corrected chi connectivity index (χ0v) is 17.5. The Hall–Kier alpha value is -2.63. The van der Waals surface area contributed by atoms with E-state index in [0.717, 1.165) is 28.7 Å². The van der Waals surface area contributed by atoms with Gasteiger partial charge in [0.1, 0.15) is 0 Å². The number of benzene rings is 3. The van der Waals surface area contributed by atoms with Gasteiger partial charge in [-0.05, 0) is 78.5 Å². The molecule has 0 unspecified atom stereocenters. The van der Waals surface area contributed by atoms with E-state index in [1.807, 2.05) is 18.2 Å². The first kappa shape index (κ1) is 20.6. The normalized spacial score (nSPS) is 18.6. The minimum atomic E-state index is -1.06. The third kappa shape index (κ3) is 4.27. The summed E-state index contributed by atoms with van der Waals surface area (Å²) in [7, 11) is 0. The molecule has 0 heterocycles. The van der Waals surface area contributed by atoms with E-state index < -0.39 is 11.6 Å². The number of rotatable bonds is 3. The van der Waals surface area contributed by atoms with Crippen LogP contribution in [0.15, 0.2) is 61.2 Å². The maximum absolute atomic E-state index is 14.0. The van der Waals surface area contributed by atoms with Crippen molar-refractivity contribution in [2.24, 2.45) is 5.92 Å². The third-order valence-electron chi connectivity index (χ3n) is 6.09. The van der Waals surface area contributed by atoms with Gasteiger partial charge in [-0.3, -0.25) is 0 Å². The molecule has 3 aromatic rings.